The Morgan fingerprint density at radius 3 is 0.717 bits per heavy atom. The molecule has 0 heterocycles. The van der Waals surface area contributed by atoms with E-state index < -0.39 is 97.5 Å². The summed E-state index contributed by atoms with van der Waals surface area (Å²) in [7, 11) is -9.91. The molecule has 99 heavy (non-hydrogen) atoms. The molecule has 0 bridgehead atoms. The van der Waals surface area contributed by atoms with Crippen LogP contribution in [-0.2, 0) is 65.4 Å². The number of hydrogen-bond acceptors (Lipinski definition) is 15. The molecule has 0 saturated heterocycles. The topological polar surface area (TPSA) is 237 Å². The van der Waals surface area contributed by atoms with Crippen LogP contribution >= 0.6 is 15.6 Å². The number of aliphatic hydroxyl groups is 1. The predicted molar refractivity (Wildman–Crippen MR) is 405 cm³/mol. The second-order valence-electron chi connectivity index (χ2n) is 29.1. The van der Waals surface area contributed by atoms with Crippen LogP contribution in [0.25, 0.3) is 0 Å². The van der Waals surface area contributed by atoms with Crippen LogP contribution in [0.4, 0.5) is 0 Å². The first-order valence-corrected chi connectivity index (χ1v) is 44.7. The Kier molecular flexibility index (Phi) is 71.6. The van der Waals surface area contributed by atoms with E-state index in [0.29, 0.717) is 25.7 Å². The Bertz CT molecular complexity index is 1890. The summed E-state index contributed by atoms with van der Waals surface area (Å²) in [5.41, 5.74) is 0. The molecule has 3 N–H and O–H groups in total. The molecule has 0 aliphatic carbocycles. The lowest BCUT2D eigenvalue weighted by Gasteiger charge is -2.21. The molecule has 0 saturated carbocycles. The smallest absolute Gasteiger partial charge is 0.462 e. The number of ether oxygens (including phenoxy) is 4. The lowest BCUT2D eigenvalue weighted by Crippen LogP contribution is -2.30. The molecule has 17 nitrogen and oxygen atoms in total. The number of unbranched alkanes of at least 4 members (excludes halogenated alkanes) is 51. The Hall–Kier alpha value is -1.94. The van der Waals surface area contributed by atoms with Crippen molar-refractivity contribution in [3.63, 3.8) is 0 Å². The SMILES string of the molecule is CCCCCCCCCCCCCCCCCC(=O)OC[C@H](COP(=O)(O)OC[C@@H](O)COP(=O)(O)OC[C@@H](COC(=O)CCCCCCCCCC)OC(=O)CCCCCCCCCCCCCCCC)OC(=O)CCCCCCCCCCCCCCCCCCCCC(C)CC. The summed E-state index contributed by atoms with van der Waals surface area (Å²) in [6.45, 7) is 7.37. The van der Waals surface area contributed by atoms with Gasteiger partial charge in [0.2, 0.25) is 0 Å². The third kappa shape index (κ3) is 72.8. The van der Waals surface area contributed by atoms with E-state index in [-0.39, 0.29) is 25.7 Å². The zero-order valence-electron chi connectivity index (χ0n) is 64.6. The van der Waals surface area contributed by atoms with Crippen molar-refractivity contribution in [2.75, 3.05) is 39.6 Å². The minimum absolute atomic E-state index is 0.108. The van der Waals surface area contributed by atoms with Gasteiger partial charge in [-0.05, 0) is 31.6 Å². The van der Waals surface area contributed by atoms with Crippen LogP contribution in [-0.4, -0.2) is 96.7 Å². The molecule has 0 radical (unpaired) electrons. The van der Waals surface area contributed by atoms with Gasteiger partial charge >= 0.3 is 39.5 Å². The Morgan fingerprint density at radius 1 is 0.283 bits per heavy atom. The Balaban J connectivity index is 5.18. The fourth-order valence-electron chi connectivity index (χ4n) is 12.4. The van der Waals surface area contributed by atoms with Gasteiger partial charge in [0, 0.05) is 25.7 Å². The fourth-order valence-corrected chi connectivity index (χ4v) is 14.0. The van der Waals surface area contributed by atoms with Crippen LogP contribution in [0.1, 0.15) is 426 Å². The van der Waals surface area contributed by atoms with Crippen LogP contribution in [0, 0.1) is 5.92 Å². The van der Waals surface area contributed by atoms with E-state index in [1.807, 2.05) is 0 Å². The third-order valence-corrected chi connectivity index (χ3v) is 21.0. The minimum Gasteiger partial charge on any atom is -0.462 e. The zero-order valence-corrected chi connectivity index (χ0v) is 66.4. The van der Waals surface area contributed by atoms with Gasteiger partial charge in [-0.1, -0.05) is 375 Å². The molecule has 588 valence electrons. The van der Waals surface area contributed by atoms with Gasteiger partial charge in [0.1, 0.15) is 19.3 Å². The molecule has 3 unspecified atom stereocenters. The first kappa shape index (κ1) is 97.1. The summed E-state index contributed by atoms with van der Waals surface area (Å²) in [5.74, 6) is -1.24. The number of phosphoric ester groups is 2. The summed E-state index contributed by atoms with van der Waals surface area (Å²) in [6.07, 6.45) is 63.8. The molecule has 0 aliphatic heterocycles. The van der Waals surface area contributed by atoms with Crippen molar-refractivity contribution in [3.05, 3.63) is 0 Å². The predicted octanol–water partition coefficient (Wildman–Crippen LogP) is 24.0. The number of aliphatic hydroxyl groups excluding tert-OH is 1. The third-order valence-electron chi connectivity index (χ3n) is 19.1. The van der Waals surface area contributed by atoms with Crippen LogP contribution in [0.3, 0.4) is 0 Å². The average Bonchev–Trinajstić information content (AvgIpc) is 1.65. The highest BCUT2D eigenvalue weighted by Crippen LogP contribution is 2.45. The van der Waals surface area contributed by atoms with Crippen molar-refractivity contribution in [2.24, 2.45) is 5.92 Å². The van der Waals surface area contributed by atoms with Gasteiger partial charge < -0.3 is 33.8 Å². The first-order valence-electron chi connectivity index (χ1n) is 41.7. The zero-order chi connectivity index (χ0) is 72.7. The van der Waals surface area contributed by atoms with Crippen LogP contribution in [0.15, 0.2) is 0 Å². The molecule has 0 fully saturated rings. The van der Waals surface area contributed by atoms with Crippen molar-refractivity contribution >= 4 is 39.5 Å². The van der Waals surface area contributed by atoms with Gasteiger partial charge in [-0.25, -0.2) is 9.13 Å². The van der Waals surface area contributed by atoms with Gasteiger partial charge in [-0.15, -0.1) is 0 Å². The van der Waals surface area contributed by atoms with Gasteiger partial charge in [0.25, 0.3) is 0 Å². The van der Waals surface area contributed by atoms with Crippen molar-refractivity contribution in [1.29, 1.82) is 0 Å². The number of esters is 4. The maximum atomic E-state index is 13.1. The fraction of sp³-hybridized carbons (Fsp3) is 0.950. The van der Waals surface area contributed by atoms with E-state index in [4.69, 9.17) is 37.0 Å². The largest absolute Gasteiger partial charge is 0.472 e. The molecule has 0 amide bonds. The number of carbonyl (C=O) groups is 4. The molecule has 0 aliphatic rings. The number of carbonyl (C=O) groups excluding carboxylic acids is 4. The molecular weight excluding hydrogens is 1290 g/mol. The molecule has 0 aromatic heterocycles. The number of phosphoric acid groups is 2. The summed E-state index contributed by atoms with van der Waals surface area (Å²) < 4.78 is 68.6. The summed E-state index contributed by atoms with van der Waals surface area (Å²) >= 11 is 0. The van der Waals surface area contributed by atoms with Crippen LogP contribution < -0.4 is 0 Å². The van der Waals surface area contributed by atoms with E-state index in [0.717, 1.165) is 102 Å². The first-order chi connectivity index (χ1) is 48.1. The second-order valence-corrected chi connectivity index (χ2v) is 32.0. The van der Waals surface area contributed by atoms with Crippen molar-refractivity contribution in [3.8, 4) is 0 Å². The van der Waals surface area contributed by atoms with Crippen molar-refractivity contribution in [2.45, 2.75) is 445 Å². The molecule has 6 atom stereocenters. The normalized spacial score (nSPS) is 14.1. The van der Waals surface area contributed by atoms with Gasteiger partial charge in [-0.3, -0.25) is 37.3 Å². The summed E-state index contributed by atoms with van der Waals surface area (Å²) in [5, 5.41) is 10.6. The van der Waals surface area contributed by atoms with E-state index >= 15 is 0 Å². The molecular formula is C80H156O17P2. The molecule has 0 aromatic rings. The summed E-state index contributed by atoms with van der Waals surface area (Å²) in [4.78, 5) is 72.9. The van der Waals surface area contributed by atoms with Crippen molar-refractivity contribution < 1.29 is 80.2 Å². The number of rotatable bonds is 80. The highest BCUT2D eigenvalue weighted by Gasteiger charge is 2.30. The van der Waals surface area contributed by atoms with E-state index in [2.05, 4.69) is 34.6 Å². The maximum Gasteiger partial charge on any atom is 0.472 e. The molecule has 19 heteroatoms. The highest BCUT2D eigenvalue weighted by molar-refractivity contribution is 7.47. The van der Waals surface area contributed by atoms with Crippen LogP contribution in [0.2, 0.25) is 0 Å². The maximum absolute atomic E-state index is 13.1. The van der Waals surface area contributed by atoms with E-state index in [1.165, 1.54) is 244 Å². The molecule has 0 aromatic carbocycles. The lowest BCUT2D eigenvalue weighted by molar-refractivity contribution is -0.161. The second kappa shape index (κ2) is 73.0. The van der Waals surface area contributed by atoms with Gasteiger partial charge in [-0.2, -0.15) is 0 Å². The highest BCUT2D eigenvalue weighted by atomic mass is 31.2. The molecule has 0 rings (SSSR count). The van der Waals surface area contributed by atoms with E-state index in [1.54, 1.807) is 0 Å². The average molecular weight is 1450 g/mol. The van der Waals surface area contributed by atoms with Crippen LogP contribution in [0.5, 0.6) is 0 Å². The Morgan fingerprint density at radius 2 is 0.485 bits per heavy atom. The Labute approximate surface area is 607 Å². The van der Waals surface area contributed by atoms with E-state index in [9.17, 15) is 43.2 Å². The summed E-state index contributed by atoms with van der Waals surface area (Å²) in [6, 6.07) is 0. The van der Waals surface area contributed by atoms with Gasteiger partial charge in [0.05, 0.1) is 26.4 Å². The molecule has 0 spiro atoms. The monoisotopic (exact) mass is 1450 g/mol. The quantitative estimate of drug-likeness (QED) is 0.0222. The lowest BCUT2D eigenvalue weighted by atomic mass is 9.99. The van der Waals surface area contributed by atoms with Gasteiger partial charge in [0.15, 0.2) is 12.2 Å². The number of hydrogen-bond donors (Lipinski definition) is 3. The van der Waals surface area contributed by atoms with Crippen molar-refractivity contribution in [1.82, 2.24) is 0 Å². The minimum atomic E-state index is -4.96. The standard InChI is InChI=1S/C80H156O17P2/c1-6-10-13-16-19-22-24-26-32-37-40-44-49-54-59-64-78(83)91-70-76(97-80(85)66-61-56-51-46-42-38-34-31-29-28-30-33-35-39-43-47-52-57-62-73(5)9-4)72-95-99(88,89)93-68-74(81)67-92-98(86,87)94-71-75(69-90-77(82)63-58-53-48-21-18-15-12-8-3)96-79(84)65-60-55-50-45-41-36-27-25-23-20-17-14-11-7-2/h73-76,81H,6-72H2,1-5H3,(H,86,87)(H,88,89)/t73?,74-,75+,76+/m0/s1.